The number of aromatic nitrogens is 6. The first kappa shape index (κ1) is 25.9. The first-order valence-electron chi connectivity index (χ1n) is 13.0. The highest BCUT2D eigenvalue weighted by Gasteiger charge is 2.23. The normalized spacial score (nSPS) is 15.4. The van der Waals surface area contributed by atoms with Crippen LogP contribution in [0.3, 0.4) is 0 Å². The number of thioether (sulfide) groups is 1. The Morgan fingerprint density at radius 3 is 2.77 bits per heavy atom. The number of hydrogen-bond donors (Lipinski definition) is 0. The number of imidazole rings is 1. The van der Waals surface area contributed by atoms with Gasteiger partial charge in [-0.15, -0.1) is 10.2 Å². The van der Waals surface area contributed by atoms with Crippen LogP contribution in [-0.2, 0) is 17.8 Å². The van der Waals surface area contributed by atoms with E-state index in [4.69, 9.17) is 16.3 Å². The number of Topliss-reactive ketones (excluding diaryl/α,β-unsaturated/α-hetero) is 1. The van der Waals surface area contributed by atoms with Gasteiger partial charge in [-0.25, -0.2) is 4.98 Å². The topological polar surface area (TPSA) is 79.8 Å². The molecule has 1 fully saturated rings. The third-order valence-corrected chi connectivity index (χ3v) is 8.50. The Bertz CT molecular complexity index is 1650. The van der Waals surface area contributed by atoms with Gasteiger partial charge in [0.25, 0.3) is 0 Å². The Hall–Kier alpha value is -3.40. The van der Waals surface area contributed by atoms with Crippen molar-refractivity contribution in [3.05, 3.63) is 88.7 Å². The summed E-state index contributed by atoms with van der Waals surface area (Å²) in [6, 6.07) is 17.6. The van der Waals surface area contributed by atoms with Crippen LogP contribution in [0.2, 0.25) is 5.02 Å². The van der Waals surface area contributed by atoms with Gasteiger partial charge in [0.2, 0.25) is 0 Å². The van der Waals surface area contributed by atoms with Crippen LogP contribution in [0.15, 0.2) is 66.1 Å². The minimum atomic E-state index is 0.0579. The lowest BCUT2D eigenvalue weighted by Gasteiger charge is -2.15. The molecule has 0 amide bonds. The Labute approximate surface area is 236 Å². The molecule has 1 saturated heterocycles. The maximum absolute atomic E-state index is 13.4. The fraction of sp³-hybridized carbons (Fsp3) is 0.310. The van der Waals surface area contributed by atoms with Crippen LogP contribution in [0.1, 0.15) is 40.4 Å². The van der Waals surface area contributed by atoms with E-state index in [0.29, 0.717) is 22.5 Å². The van der Waals surface area contributed by atoms with Crippen LogP contribution in [0.25, 0.3) is 16.7 Å². The van der Waals surface area contributed by atoms with Gasteiger partial charge in [-0.3, -0.25) is 9.36 Å². The first-order valence-corrected chi connectivity index (χ1v) is 14.4. The minimum absolute atomic E-state index is 0.0579. The first-order chi connectivity index (χ1) is 19.0. The van der Waals surface area contributed by atoms with Gasteiger partial charge >= 0.3 is 0 Å². The maximum Gasteiger partial charge on any atom is 0.196 e. The number of benzene rings is 2. The van der Waals surface area contributed by atoms with Crippen molar-refractivity contribution in [1.29, 1.82) is 0 Å². The number of carbonyl (C=O) groups is 1. The fourth-order valence-corrected chi connectivity index (χ4v) is 6.29. The quantitative estimate of drug-likeness (QED) is 0.165. The number of nitrogens with zero attached hydrogens (tertiary/aromatic N) is 6. The van der Waals surface area contributed by atoms with E-state index in [0.717, 1.165) is 59.7 Å². The predicted octanol–water partition coefficient (Wildman–Crippen LogP) is 5.89. The molecule has 0 radical (unpaired) electrons. The zero-order chi connectivity index (χ0) is 26.9. The number of para-hydroxylation sites is 3. The summed E-state index contributed by atoms with van der Waals surface area (Å²) in [5, 5.41) is 10.2. The van der Waals surface area contributed by atoms with Crippen LogP contribution >= 0.6 is 23.4 Å². The molecule has 4 heterocycles. The summed E-state index contributed by atoms with van der Waals surface area (Å²) in [7, 11) is 0. The molecule has 1 aliphatic heterocycles. The summed E-state index contributed by atoms with van der Waals surface area (Å²) in [6.45, 7) is 6.12. The molecule has 8 nitrogen and oxygen atoms in total. The van der Waals surface area contributed by atoms with E-state index in [2.05, 4.69) is 19.7 Å². The van der Waals surface area contributed by atoms with E-state index < -0.39 is 0 Å². The van der Waals surface area contributed by atoms with Gasteiger partial charge in [-0.05, 0) is 57.0 Å². The SMILES string of the molecule is Cc1cc(C(=O)CSc2nnc(Cn3cnc4ccccc43)n2-c2ccccc2Cl)c(C)n1C[C@@H]1CCCO1. The average molecular weight is 561 g/mol. The average Bonchev–Trinajstić information content (AvgIpc) is 3.74. The molecule has 1 aliphatic rings. The van der Waals surface area contributed by atoms with Crippen molar-refractivity contribution in [1.82, 2.24) is 28.9 Å². The van der Waals surface area contributed by atoms with Crippen molar-refractivity contribution < 1.29 is 9.53 Å². The molecule has 0 unspecified atom stereocenters. The molecule has 5 aromatic rings. The molecule has 200 valence electrons. The van der Waals surface area contributed by atoms with Crippen molar-refractivity contribution in [3.63, 3.8) is 0 Å². The van der Waals surface area contributed by atoms with Gasteiger partial charge in [0.15, 0.2) is 16.8 Å². The van der Waals surface area contributed by atoms with Gasteiger partial charge in [-0.2, -0.15) is 0 Å². The zero-order valence-corrected chi connectivity index (χ0v) is 23.5. The largest absolute Gasteiger partial charge is 0.376 e. The fourth-order valence-electron chi connectivity index (χ4n) is 5.22. The molecule has 1 atom stereocenters. The number of aryl methyl sites for hydroxylation is 1. The third kappa shape index (κ3) is 5.14. The number of ketones is 1. The summed E-state index contributed by atoms with van der Waals surface area (Å²) >= 11 is 7.99. The molecule has 3 aromatic heterocycles. The second-order valence-corrected chi connectivity index (χ2v) is 11.1. The Balaban J connectivity index is 1.27. The lowest BCUT2D eigenvalue weighted by Crippen LogP contribution is -2.17. The van der Waals surface area contributed by atoms with Gasteiger partial charge in [0.1, 0.15) is 0 Å². The molecule has 2 aromatic carbocycles. The summed E-state index contributed by atoms with van der Waals surface area (Å²) in [5.74, 6) is 0.999. The van der Waals surface area contributed by atoms with E-state index in [-0.39, 0.29) is 17.6 Å². The molecule has 6 rings (SSSR count). The molecular weight excluding hydrogens is 532 g/mol. The van der Waals surface area contributed by atoms with Crippen LogP contribution < -0.4 is 0 Å². The van der Waals surface area contributed by atoms with E-state index in [1.54, 1.807) is 6.33 Å². The second kappa shape index (κ2) is 11.0. The van der Waals surface area contributed by atoms with Crippen LogP contribution in [0.5, 0.6) is 0 Å². The lowest BCUT2D eigenvalue weighted by atomic mass is 10.2. The highest BCUT2D eigenvalue weighted by molar-refractivity contribution is 7.99. The standard InChI is InChI=1S/C29H29ClN6O2S/c1-19-14-22(20(2)35(19)15-21-8-7-13-38-21)27(37)17-39-29-33-32-28(36(29)25-11-5-3-9-23(25)30)16-34-18-31-24-10-4-6-12-26(24)34/h3-6,9-12,14,18,21H,7-8,13,15-17H2,1-2H3/t21-/m0/s1. The molecule has 0 aliphatic carbocycles. The van der Waals surface area contributed by atoms with Crippen molar-refractivity contribution >= 4 is 40.2 Å². The van der Waals surface area contributed by atoms with Crippen LogP contribution in [0.4, 0.5) is 0 Å². The lowest BCUT2D eigenvalue weighted by molar-refractivity contribution is 0.0957. The molecule has 0 spiro atoms. The third-order valence-electron chi connectivity index (χ3n) is 7.25. The van der Waals surface area contributed by atoms with Gasteiger partial charge < -0.3 is 13.9 Å². The highest BCUT2D eigenvalue weighted by Crippen LogP contribution is 2.29. The van der Waals surface area contributed by atoms with Gasteiger partial charge in [-0.1, -0.05) is 47.6 Å². The monoisotopic (exact) mass is 560 g/mol. The van der Waals surface area contributed by atoms with Crippen molar-refractivity contribution in [2.24, 2.45) is 0 Å². The van der Waals surface area contributed by atoms with E-state index in [9.17, 15) is 4.79 Å². The number of hydrogen-bond acceptors (Lipinski definition) is 6. The summed E-state index contributed by atoms with van der Waals surface area (Å²) in [4.78, 5) is 17.9. The number of ether oxygens (including phenoxy) is 1. The predicted molar refractivity (Wildman–Crippen MR) is 153 cm³/mol. The Kier molecular flexibility index (Phi) is 7.29. The Morgan fingerprint density at radius 2 is 1.95 bits per heavy atom. The maximum atomic E-state index is 13.4. The van der Waals surface area contributed by atoms with Crippen molar-refractivity contribution in [2.75, 3.05) is 12.4 Å². The molecule has 0 N–H and O–H groups in total. The van der Waals surface area contributed by atoms with E-state index >= 15 is 0 Å². The molecule has 0 saturated carbocycles. The molecular formula is C29H29ClN6O2S. The van der Waals surface area contributed by atoms with Crippen LogP contribution in [0, 0.1) is 13.8 Å². The number of rotatable bonds is 9. The summed E-state index contributed by atoms with van der Waals surface area (Å²) in [6.07, 6.45) is 4.18. The number of halogens is 1. The molecule has 0 bridgehead atoms. The number of carbonyl (C=O) groups excluding carboxylic acids is 1. The molecule has 10 heteroatoms. The highest BCUT2D eigenvalue weighted by atomic mass is 35.5. The van der Waals surface area contributed by atoms with E-state index in [1.165, 1.54) is 11.8 Å². The summed E-state index contributed by atoms with van der Waals surface area (Å²) < 4.78 is 12.0. The smallest absolute Gasteiger partial charge is 0.196 e. The van der Waals surface area contributed by atoms with Crippen molar-refractivity contribution in [3.8, 4) is 5.69 Å². The molecule has 39 heavy (non-hydrogen) atoms. The van der Waals surface area contributed by atoms with Crippen molar-refractivity contribution in [2.45, 2.75) is 51.0 Å². The minimum Gasteiger partial charge on any atom is -0.376 e. The van der Waals surface area contributed by atoms with Crippen LogP contribution in [-0.4, -0.2) is 53.1 Å². The Morgan fingerprint density at radius 1 is 1.13 bits per heavy atom. The zero-order valence-electron chi connectivity index (χ0n) is 21.9. The summed E-state index contributed by atoms with van der Waals surface area (Å²) in [5.41, 5.74) is 5.49. The van der Waals surface area contributed by atoms with Gasteiger partial charge in [0, 0.05) is 30.1 Å². The second-order valence-electron chi connectivity index (χ2n) is 9.79. The van der Waals surface area contributed by atoms with Gasteiger partial charge in [0.05, 0.1) is 46.5 Å². The number of fused-ring (bicyclic) bond motifs is 1. The van der Waals surface area contributed by atoms with E-state index in [1.807, 2.05) is 77.6 Å².